The van der Waals surface area contributed by atoms with Crippen LogP contribution in [0.1, 0.15) is 100 Å². The predicted molar refractivity (Wildman–Crippen MR) is 85.0 cm³/mol. The average molecular weight is 255 g/mol. The van der Waals surface area contributed by atoms with Gasteiger partial charge in [-0.15, -0.1) is 0 Å². The molecular weight excluding hydrogens is 216 g/mol. The quantitative estimate of drug-likeness (QED) is 0.436. The van der Waals surface area contributed by atoms with E-state index < -0.39 is 0 Å². The Labute approximate surface area is 117 Å². The lowest BCUT2D eigenvalue weighted by molar-refractivity contribution is 0.115. The van der Waals surface area contributed by atoms with E-state index in [1.54, 1.807) is 0 Å². The fourth-order valence-electron chi connectivity index (χ4n) is 2.13. The molecule has 0 N–H and O–H groups in total. The maximum absolute atomic E-state index is 2.42. The van der Waals surface area contributed by atoms with Crippen LogP contribution in [0.25, 0.3) is 0 Å². The Morgan fingerprint density at radius 2 is 0.889 bits per heavy atom. The minimum Gasteiger partial charge on any atom is -0.0602 e. The summed E-state index contributed by atoms with van der Waals surface area (Å²) in [6.45, 7) is 19.0. The molecule has 0 aromatic heterocycles. The third kappa shape index (κ3) is 8.16. The fourth-order valence-corrected chi connectivity index (χ4v) is 2.13. The minimum atomic E-state index is 0.430. The molecule has 110 valence electrons. The van der Waals surface area contributed by atoms with Gasteiger partial charge < -0.3 is 0 Å². The van der Waals surface area contributed by atoms with E-state index in [-0.39, 0.29) is 0 Å². The van der Waals surface area contributed by atoms with Crippen LogP contribution >= 0.6 is 0 Å². The van der Waals surface area contributed by atoms with E-state index >= 15 is 0 Å². The van der Waals surface area contributed by atoms with Gasteiger partial charge >= 0.3 is 0 Å². The van der Waals surface area contributed by atoms with Crippen molar-refractivity contribution in [2.75, 3.05) is 0 Å². The molecule has 0 aliphatic carbocycles. The zero-order valence-corrected chi connectivity index (χ0v) is 14.4. The molecule has 0 spiro atoms. The summed E-state index contributed by atoms with van der Waals surface area (Å²) in [5.41, 5.74) is 1.42. The van der Waals surface area contributed by atoms with E-state index in [9.17, 15) is 0 Å². The summed E-state index contributed by atoms with van der Waals surface area (Å²) >= 11 is 0. The van der Waals surface area contributed by atoms with Crippen molar-refractivity contribution in [3.8, 4) is 0 Å². The Morgan fingerprint density at radius 3 is 1.28 bits per heavy atom. The first kappa shape index (κ1) is 18.0. The van der Waals surface area contributed by atoms with Crippen molar-refractivity contribution in [1.82, 2.24) is 0 Å². The SMILES string of the molecule is CC(C)(C)CCCCCCCC(C)(C)C(C)(C)C. The Kier molecular flexibility index (Phi) is 6.96. The highest BCUT2D eigenvalue weighted by Crippen LogP contribution is 2.41. The second kappa shape index (κ2) is 6.96. The van der Waals surface area contributed by atoms with Gasteiger partial charge in [-0.25, -0.2) is 0 Å². The Bertz CT molecular complexity index is 209. The van der Waals surface area contributed by atoms with Gasteiger partial charge in [0.2, 0.25) is 0 Å². The summed E-state index contributed by atoms with van der Waals surface area (Å²) in [5, 5.41) is 0. The van der Waals surface area contributed by atoms with Gasteiger partial charge in [-0.2, -0.15) is 0 Å². The maximum atomic E-state index is 2.42. The third-order valence-corrected chi connectivity index (χ3v) is 4.76. The highest BCUT2D eigenvalue weighted by Gasteiger charge is 2.31. The molecule has 18 heavy (non-hydrogen) atoms. The van der Waals surface area contributed by atoms with Crippen molar-refractivity contribution >= 4 is 0 Å². The average Bonchev–Trinajstić information content (AvgIpc) is 2.12. The van der Waals surface area contributed by atoms with Crippen LogP contribution in [0.5, 0.6) is 0 Å². The topological polar surface area (TPSA) is 0 Å². The van der Waals surface area contributed by atoms with Crippen LogP contribution in [0.4, 0.5) is 0 Å². The van der Waals surface area contributed by atoms with Gasteiger partial charge in [0.1, 0.15) is 0 Å². The van der Waals surface area contributed by atoms with Gasteiger partial charge in [0.25, 0.3) is 0 Å². The second-order valence-corrected chi connectivity index (χ2v) is 8.96. The largest absolute Gasteiger partial charge is 0.0602 e. The molecule has 0 heteroatoms. The van der Waals surface area contributed by atoms with E-state index in [4.69, 9.17) is 0 Å². The first-order valence-corrected chi connectivity index (χ1v) is 7.96. The smallest absolute Gasteiger partial charge is 0.0306 e. The van der Waals surface area contributed by atoms with Crippen molar-refractivity contribution < 1.29 is 0 Å². The molecule has 0 bridgehead atoms. The van der Waals surface area contributed by atoms with Crippen LogP contribution in [0, 0.1) is 16.2 Å². The van der Waals surface area contributed by atoms with Gasteiger partial charge in [0.15, 0.2) is 0 Å². The molecule has 0 atom stereocenters. The predicted octanol–water partition coefficient (Wildman–Crippen LogP) is 6.84. The Balaban J connectivity index is 3.58. The van der Waals surface area contributed by atoms with Gasteiger partial charge in [-0.05, 0) is 29.1 Å². The van der Waals surface area contributed by atoms with Crippen molar-refractivity contribution in [2.45, 2.75) is 100 Å². The molecular formula is C18H38. The molecule has 0 radical (unpaired) electrons. The van der Waals surface area contributed by atoms with E-state index in [0.29, 0.717) is 16.2 Å². The number of hydrogen-bond acceptors (Lipinski definition) is 0. The van der Waals surface area contributed by atoms with Crippen molar-refractivity contribution in [3.05, 3.63) is 0 Å². The van der Waals surface area contributed by atoms with Crippen LogP contribution in [-0.4, -0.2) is 0 Å². The summed E-state index contributed by atoms with van der Waals surface area (Å²) in [5.74, 6) is 0. The molecule has 0 aliphatic heterocycles. The molecule has 0 fully saturated rings. The lowest BCUT2D eigenvalue weighted by atomic mass is 9.67. The third-order valence-electron chi connectivity index (χ3n) is 4.76. The summed E-state index contributed by atoms with van der Waals surface area (Å²) < 4.78 is 0. The van der Waals surface area contributed by atoms with Gasteiger partial charge in [0, 0.05) is 0 Å². The summed E-state index contributed by atoms with van der Waals surface area (Å²) in [4.78, 5) is 0. The number of rotatable bonds is 7. The van der Waals surface area contributed by atoms with Crippen molar-refractivity contribution in [3.63, 3.8) is 0 Å². The van der Waals surface area contributed by atoms with Crippen LogP contribution in [0.15, 0.2) is 0 Å². The number of unbranched alkanes of at least 4 members (excludes halogenated alkanes) is 4. The van der Waals surface area contributed by atoms with E-state index in [1.165, 1.54) is 44.9 Å². The summed E-state index contributed by atoms with van der Waals surface area (Å²) in [6.07, 6.45) is 9.83. The molecule has 0 rings (SSSR count). The normalized spacial score (nSPS) is 14.0. The fraction of sp³-hybridized carbons (Fsp3) is 1.00. The van der Waals surface area contributed by atoms with Gasteiger partial charge in [-0.1, -0.05) is 87.5 Å². The van der Waals surface area contributed by atoms with E-state index in [0.717, 1.165) is 0 Å². The highest BCUT2D eigenvalue weighted by atomic mass is 14.4. The summed E-state index contributed by atoms with van der Waals surface area (Å²) in [7, 11) is 0. The first-order valence-electron chi connectivity index (χ1n) is 7.96. The van der Waals surface area contributed by atoms with Crippen molar-refractivity contribution in [2.24, 2.45) is 16.2 Å². The van der Waals surface area contributed by atoms with Crippen LogP contribution in [0.2, 0.25) is 0 Å². The molecule has 0 heterocycles. The monoisotopic (exact) mass is 254 g/mol. The maximum Gasteiger partial charge on any atom is -0.0306 e. The van der Waals surface area contributed by atoms with E-state index in [1.807, 2.05) is 0 Å². The Morgan fingerprint density at radius 1 is 0.500 bits per heavy atom. The standard InChI is InChI=1S/C18H38/c1-16(2,3)14-12-10-9-11-13-15-18(7,8)17(4,5)6/h9-15H2,1-8H3. The summed E-state index contributed by atoms with van der Waals surface area (Å²) in [6, 6.07) is 0. The van der Waals surface area contributed by atoms with Gasteiger partial charge in [-0.3, -0.25) is 0 Å². The molecule has 0 aromatic rings. The lowest BCUT2D eigenvalue weighted by Crippen LogP contribution is -2.29. The molecule has 0 unspecified atom stereocenters. The lowest BCUT2D eigenvalue weighted by Gasteiger charge is -2.39. The number of hydrogen-bond donors (Lipinski definition) is 0. The minimum absolute atomic E-state index is 0.430. The highest BCUT2D eigenvalue weighted by molar-refractivity contribution is 4.82. The zero-order chi connectivity index (χ0) is 14.4. The van der Waals surface area contributed by atoms with Crippen LogP contribution in [0.3, 0.4) is 0 Å². The zero-order valence-electron chi connectivity index (χ0n) is 14.4. The molecule has 0 aliphatic rings. The molecule has 0 amide bonds. The van der Waals surface area contributed by atoms with Gasteiger partial charge in [0.05, 0.1) is 0 Å². The molecule has 0 saturated carbocycles. The van der Waals surface area contributed by atoms with Crippen molar-refractivity contribution in [1.29, 1.82) is 0 Å². The Hall–Kier alpha value is 0. The van der Waals surface area contributed by atoms with Crippen LogP contribution in [-0.2, 0) is 0 Å². The molecule has 0 saturated heterocycles. The molecule has 0 nitrogen and oxygen atoms in total. The second-order valence-electron chi connectivity index (χ2n) is 8.96. The molecule has 0 aromatic carbocycles. The van der Waals surface area contributed by atoms with E-state index in [2.05, 4.69) is 55.4 Å². The van der Waals surface area contributed by atoms with Crippen LogP contribution < -0.4 is 0 Å². The first-order chi connectivity index (χ1) is 7.96.